The van der Waals surface area contributed by atoms with Gasteiger partial charge in [0.25, 0.3) is 0 Å². The van der Waals surface area contributed by atoms with Crippen molar-refractivity contribution in [1.29, 1.82) is 0 Å². The Kier molecular flexibility index (Phi) is 5.54. The van der Waals surface area contributed by atoms with E-state index in [1.165, 1.54) is 23.4 Å². The second kappa shape index (κ2) is 7.07. The minimum Gasteiger partial charge on any atom is -0.489 e. The normalized spacial score (nSPS) is 16.7. The number of amides is 1. The van der Waals surface area contributed by atoms with Crippen LogP contribution in [0.4, 0.5) is 0 Å². The summed E-state index contributed by atoms with van der Waals surface area (Å²) in [5.74, 6) is 0.419. The molecule has 6 nitrogen and oxygen atoms in total. The lowest BCUT2D eigenvalue weighted by molar-refractivity contribution is -0.129. The molecule has 0 aliphatic carbocycles. The van der Waals surface area contributed by atoms with Gasteiger partial charge in [-0.1, -0.05) is 11.6 Å². The Balaban J connectivity index is 2.17. The molecule has 0 aromatic heterocycles. The van der Waals surface area contributed by atoms with E-state index < -0.39 is 10.0 Å². The maximum Gasteiger partial charge on any atom is 0.243 e. The van der Waals surface area contributed by atoms with Crippen LogP contribution in [0.3, 0.4) is 0 Å². The third-order valence-electron chi connectivity index (χ3n) is 3.59. The zero-order valence-electron chi connectivity index (χ0n) is 13.5. The minimum absolute atomic E-state index is 0.0414. The summed E-state index contributed by atoms with van der Waals surface area (Å²) in [6, 6.07) is 4.48. The van der Waals surface area contributed by atoms with Crippen molar-refractivity contribution in [1.82, 2.24) is 9.21 Å². The fourth-order valence-electron chi connectivity index (χ4n) is 2.38. The van der Waals surface area contributed by atoms with Gasteiger partial charge >= 0.3 is 0 Å². The van der Waals surface area contributed by atoms with Crippen molar-refractivity contribution in [3.8, 4) is 5.75 Å². The van der Waals surface area contributed by atoms with Gasteiger partial charge in [0.2, 0.25) is 15.9 Å². The lowest BCUT2D eigenvalue weighted by atomic mass is 10.3. The number of rotatable bonds is 4. The van der Waals surface area contributed by atoms with Gasteiger partial charge in [-0.05, 0) is 32.0 Å². The van der Waals surface area contributed by atoms with Crippen LogP contribution >= 0.6 is 11.6 Å². The lowest BCUT2D eigenvalue weighted by Crippen LogP contribution is -2.49. The van der Waals surface area contributed by atoms with Gasteiger partial charge in [-0.2, -0.15) is 4.31 Å². The number of sulfonamides is 1. The Hall–Kier alpha value is -1.31. The van der Waals surface area contributed by atoms with Crippen LogP contribution in [0, 0.1) is 0 Å². The summed E-state index contributed by atoms with van der Waals surface area (Å²) in [6.45, 7) is 6.59. The average Bonchev–Trinajstić information content (AvgIpc) is 2.49. The van der Waals surface area contributed by atoms with Crippen molar-refractivity contribution in [2.24, 2.45) is 0 Å². The molecule has 0 bridgehead atoms. The number of nitrogens with zero attached hydrogens (tertiary/aromatic N) is 2. The molecule has 128 valence electrons. The van der Waals surface area contributed by atoms with Crippen molar-refractivity contribution >= 4 is 27.5 Å². The molecular weight excluding hydrogens is 340 g/mol. The molecule has 1 heterocycles. The maximum atomic E-state index is 12.7. The molecule has 8 heteroatoms. The first-order valence-electron chi connectivity index (χ1n) is 7.43. The van der Waals surface area contributed by atoms with E-state index in [9.17, 15) is 13.2 Å². The molecule has 1 aliphatic rings. The minimum atomic E-state index is -3.62. The predicted molar refractivity (Wildman–Crippen MR) is 88.2 cm³/mol. The van der Waals surface area contributed by atoms with Crippen LogP contribution in [-0.2, 0) is 14.8 Å². The van der Waals surface area contributed by atoms with E-state index in [0.29, 0.717) is 18.8 Å². The quantitative estimate of drug-likeness (QED) is 0.823. The Morgan fingerprint density at radius 2 is 1.83 bits per heavy atom. The van der Waals surface area contributed by atoms with E-state index >= 15 is 0 Å². The maximum absolute atomic E-state index is 12.7. The summed E-state index contributed by atoms with van der Waals surface area (Å²) >= 11 is 6.12. The number of benzene rings is 1. The van der Waals surface area contributed by atoms with Gasteiger partial charge in [-0.15, -0.1) is 0 Å². The molecule has 1 amide bonds. The van der Waals surface area contributed by atoms with Crippen LogP contribution in [0.15, 0.2) is 23.1 Å². The molecule has 0 N–H and O–H groups in total. The van der Waals surface area contributed by atoms with Gasteiger partial charge in [0.05, 0.1) is 16.0 Å². The van der Waals surface area contributed by atoms with Crippen LogP contribution in [0.5, 0.6) is 5.75 Å². The monoisotopic (exact) mass is 360 g/mol. The highest BCUT2D eigenvalue weighted by Crippen LogP contribution is 2.29. The van der Waals surface area contributed by atoms with Crippen molar-refractivity contribution < 1.29 is 17.9 Å². The number of hydrogen-bond donors (Lipinski definition) is 0. The molecule has 0 spiro atoms. The Bertz CT molecular complexity index is 683. The SMILES string of the molecule is CC(=O)N1CCN(S(=O)(=O)c2ccc(OC(C)C)c(Cl)c2)CC1. The molecule has 0 atom stereocenters. The molecule has 1 saturated heterocycles. The molecule has 1 aliphatic heterocycles. The van der Waals surface area contributed by atoms with E-state index in [1.807, 2.05) is 13.8 Å². The number of hydrogen-bond acceptors (Lipinski definition) is 4. The zero-order chi connectivity index (χ0) is 17.2. The van der Waals surface area contributed by atoms with Crippen LogP contribution < -0.4 is 4.74 Å². The van der Waals surface area contributed by atoms with Gasteiger partial charge in [0.1, 0.15) is 5.75 Å². The van der Waals surface area contributed by atoms with E-state index in [0.717, 1.165) is 0 Å². The highest BCUT2D eigenvalue weighted by molar-refractivity contribution is 7.89. The predicted octanol–water partition coefficient (Wildman–Crippen LogP) is 1.98. The summed E-state index contributed by atoms with van der Waals surface area (Å²) < 4.78 is 32.2. The summed E-state index contributed by atoms with van der Waals surface area (Å²) in [6.07, 6.45) is -0.0467. The van der Waals surface area contributed by atoms with Crippen molar-refractivity contribution in [2.75, 3.05) is 26.2 Å². The molecule has 0 unspecified atom stereocenters. The summed E-state index contributed by atoms with van der Waals surface area (Å²) in [5, 5.41) is 0.266. The topological polar surface area (TPSA) is 66.9 Å². The molecule has 1 fully saturated rings. The Morgan fingerprint density at radius 3 is 2.30 bits per heavy atom. The summed E-state index contributed by atoms with van der Waals surface area (Å²) in [5.41, 5.74) is 0. The van der Waals surface area contributed by atoms with Crippen molar-refractivity contribution in [3.63, 3.8) is 0 Å². The van der Waals surface area contributed by atoms with Gasteiger partial charge in [0.15, 0.2) is 0 Å². The third-order valence-corrected chi connectivity index (χ3v) is 5.78. The van der Waals surface area contributed by atoms with E-state index in [4.69, 9.17) is 16.3 Å². The first kappa shape index (κ1) is 18.0. The standard InChI is InChI=1S/C15H21ClN2O4S/c1-11(2)22-15-5-4-13(10-14(15)16)23(20,21)18-8-6-17(7-9-18)12(3)19/h4-5,10-11H,6-9H2,1-3H3. The largest absolute Gasteiger partial charge is 0.489 e. The van der Waals surface area contributed by atoms with Crippen LogP contribution in [-0.4, -0.2) is 55.8 Å². The molecule has 2 rings (SSSR count). The highest BCUT2D eigenvalue weighted by atomic mass is 35.5. The van der Waals surface area contributed by atoms with Crippen LogP contribution in [0.2, 0.25) is 5.02 Å². The zero-order valence-corrected chi connectivity index (χ0v) is 15.0. The van der Waals surface area contributed by atoms with Crippen LogP contribution in [0.1, 0.15) is 20.8 Å². The second-order valence-electron chi connectivity index (χ2n) is 5.67. The molecule has 0 radical (unpaired) electrons. The van der Waals surface area contributed by atoms with E-state index in [1.54, 1.807) is 11.0 Å². The lowest BCUT2D eigenvalue weighted by Gasteiger charge is -2.33. The van der Waals surface area contributed by atoms with Gasteiger partial charge in [0, 0.05) is 33.1 Å². The van der Waals surface area contributed by atoms with Crippen LogP contribution in [0.25, 0.3) is 0 Å². The smallest absolute Gasteiger partial charge is 0.243 e. The van der Waals surface area contributed by atoms with Gasteiger partial charge in [-0.3, -0.25) is 4.79 Å². The fourth-order valence-corrected chi connectivity index (χ4v) is 4.12. The molecular formula is C15H21ClN2O4S. The number of halogens is 1. The highest BCUT2D eigenvalue weighted by Gasteiger charge is 2.29. The van der Waals surface area contributed by atoms with Crippen molar-refractivity contribution in [2.45, 2.75) is 31.8 Å². The third kappa shape index (κ3) is 4.16. The van der Waals surface area contributed by atoms with Gasteiger partial charge in [-0.25, -0.2) is 8.42 Å². The second-order valence-corrected chi connectivity index (χ2v) is 8.01. The summed E-state index contributed by atoms with van der Waals surface area (Å²) in [4.78, 5) is 13.1. The number of carbonyl (C=O) groups excluding carboxylic acids is 1. The number of carbonyl (C=O) groups is 1. The average molecular weight is 361 g/mol. The molecule has 1 aromatic carbocycles. The fraction of sp³-hybridized carbons (Fsp3) is 0.533. The number of piperazine rings is 1. The molecule has 1 aromatic rings. The Morgan fingerprint density at radius 1 is 1.22 bits per heavy atom. The van der Waals surface area contributed by atoms with Crippen molar-refractivity contribution in [3.05, 3.63) is 23.2 Å². The van der Waals surface area contributed by atoms with E-state index in [-0.39, 0.29) is 35.0 Å². The first-order chi connectivity index (χ1) is 10.7. The Labute approximate surface area is 142 Å². The molecule has 23 heavy (non-hydrogen) atoms. The molecule has 0 saturated carbocycles. The number of ether oxygens (including phenoxy) is 1. The van der Waals surface area contributed by atoms with E-state index in [2.05, 4.69) is 0 Å². The summed E-state index contributed by atoms with van der Waals surface area (Å²) in [7, 11) is -3.62. The first-order valence-corrected chi connectivity index (χ1v) is 9.25. The van der Waals surface area contributed by atoms with Gasteiger partial charge < -0.3 is 9.64 Å².